The van der Waals surface area contributed by atoms with E-state index in [9.17, 15) is 4.79 Å². The summed E-state index contributed by atoms with van der Waals surface area (Å²) >= 11 is 0. The van der Waals surface area contributed by atoms with Crippen molar-refractivity contribution in [2.24, 2.45) is 17.6 Å². The van der Waals surface area contributed by atoms with Gasteiger partial charge in [0.05, 0.1) is 6.04 Å². The van der Waals surface area contributed by atoms with Crippen LogP contribution in [-0.4, -0.2) is 18.5 Å². The van der Waals surface area contributed by atoms with Gasteiger partial charge in [-0.1, -0.05) is 39.0 Å². The van der Waals surface area contributed by atoms with Crippen molar-refractivity contribution in [1.82, 2.24) is 0 Å². The average Bonchev–Trinajstić information content (AvgIpc) is 2.36. The zero-order valence-corrected chi connectivity index (χ0v) is 12.1. The minimum atomic E-state index is -0.390. The molecule has 0 radical (unpaired) electrons. The summed E-state index contributed by atoms with van der Waals surface area (Å²) in [5, 5.41) is 0. The fourth-order valence-electron chi connectivity index (χ4n) is 2.81. The second-order valence-corrected chi connectivity index (χ2v) is 6.12. The number of benzene rings is 1. The van der Waals surface area contributed by atoms with Crippen LogP contribution in [0.3, 0.4) is 0 Å². The van der Waals surface area contributed by atoms with E-state index < -0.39 is 6.04 Å². The van der Waals surface area contributed by atoms with Crippen LogP contribution in [0.2, 0.25) is 0 Å². The quantitative estimate of drug-likeness (QED) is 0.908. The molecule has 0 spiro atoms. The zero-order chi connectivity index (χ0) is 14.0. The van der Waals surface area contributed by atoms with Crippen LogP contribution < -0.4 is 10.6 Å². The lowest BCUT2D eigenvalue weighted by Crippen LogP contribution is -2.48. The summed E-state index contributed by atoms with van der Waals surface area (Å²) in [6, 6.07) is 7.77. The fourth-order valence-corrected chi connectivity index (χ4v) is 2.81. The number of carbonyl (C=O) groups is 1. The average molecular weight is 260 g/mol. The molecule has 1 heterocycles. The molecule has 1 aromatic carbocycles. The SMILES string of the molecule is CC(C)C[C@@H](N)C(=O)N1CC(C)Cc2ccccc21. The smallest absolute Gasteiger partial charge is 0.243 e. The number of hydrogen-bond acceptors (Lipinski definition) is 2. The van der Waals surface area contributed by atoms with Crippen LogP contribution >= 0.6 is 0 Å². The van der Waals surface area contributed by atoms with Crippen molar-refractivity contribution >= 4 is 11.6 Å². The third-order valence-corrected chi connectivity index (χ3v) is 3.65. The van der Waals surface area contributed by atoms with Crippen LogP contribution in [0.25, 0.3) is 0 Å². The second-order valence-electron chi connectivity index (χ2n) is 6.12. The Hall–Kier alpha value is -1.35. The summed E-state index contributed by atoms with van der Waals surface area (Å²) in [4.78, 5) is 14.4. The van der Waals surface area contributed by atoms with Crippen molar-refractivity contribution in [3.05, 3.63) is 29.8 Å². The molecule has 0 fully saturated rings. The maximum atomic E-state index is 12.5. The van der Waals surface area contributed by atoms with Crippen LogP contribution in [-0.2, 0) is 11.2 Å². The Labute approximate surface area is 115 Å². The molecule has 1 amide bonds. The summed E-state index contributed by atoms with van der Waals surface area (Å²) in [5.74, 6) is 0.995. The molecule has 2 rings (SSSR count). The Kier molecular flexibility index (Phi) is 4.25. The standard InChI is InChI=1S/C16H24N2O/c1-11(2)8-14(17)16(19)18-10-12(3)9-13-6-4-5-7-15(13)18/h4-7,11-12,14H,8-10,17H2,1-3H3/t12?,14-/m1/s1. The summed E-state index contributed by atoms with van der Waals surface area (Å²) in [7, 11) is 0. The maximum absolute atomic E-state index is 12.5. The number of hydrogen-bond donors (Lipinski definition) is 1. The molecule has 3 nitrogen and oxygen atoms in total. The summed E-state index contributed by atoms with van der Waals surface area (Å²) in [5.41, 5.74) is 8.36. The number of amides is 1. The van der Waals surface area contributed by atoms with E-state index in [-0.39, 0.29) is 5.91 Å². The molecule has 1 aliphatic heterocycles. The molecule has 0 aliphatic carbocycles. The van der Waals surface area contributed by atoms with E-state index in [4.69, 9.17) is 5.73 Å². The van der Waals surface area contributed by atoms with Gasteiger partial charge in [-0.05, 0) is 36.3 Å². The van der Waals surface area contributed by atoms with Crippen molar-refractivity contribution in [2.75, 3.05) is 11.4 Å². The molecule has 19 heavy (non-hydrogen) atoms. The van der Waals surface area contributed by atoms with Crippen molar-refractivity contribution in [2.45, 2.75) is 39.7 Å². The highest BCUT2D eigenvalue weighted by atomic mass is 16.2. The first-order chi connectivity index (χ1) is 8.99. The molecule has 1 aliphatic rings. The third-order valence-electron chi connectivity index (χ3n) is 3.65. The third kappa shape index (κ3) is 3.16. The van der Waals surface area contributed by atoms with Crippen LogP contribution in [0, 0.1) is 11.8 Å². The van der Waals surface area contributed by atoms with Gasteiger partial charge in [0.15, 0.2) is 0 Å². The highest BCUT2D eigenvalue weighted by Crippen LogP contribution is 2.30. The molecule has 0 bridgehead atoms. The van der Waals surface area contributed by atoms with Crippen molar-refractivity contribution in [3.8, 4) is 0 Å². The molecule has 2 atom stereocenters. The van der Waals surface area contributed by atoms with Crippen molar-refractivity contribution in [1.29, 1.82) is 0 Å². The van der Waals surface area contributed by atoms with Crippen LogP contribution in [0.1, 0.15) is 32.8 Å². The van der Waals surface area contributed by atoms with Crippen molar-refractivity contribution < 1.29 is 4.79 Å². The summed E-state index contributed by atoms with van der Waals surface area (Å²) in [6.45, 7) is 7.16. The monoisotopic (exact) mass is 260 g/mol. The van der Waals surface area contributed by atoms with Gasteiger partial charge in [-0.2, -0.15) is 0 Å². The Morgan fingerprint density at radius 3 is 2.79 bits per heavy atom. The molecule has 0 saturated heterocycles. The van der Waals surface area contributed by atoms with E-state index in [0.29, 0.717) is 11.8 Å². The lowest BCUT2D eigenvalue weighted by atomic mass is 9.93. The van der Waals surface area contributed by atoms with Gasteiger partial charge in [0.25, 0.3) is 0 Å². The van der Waals surface area contributed by atoms with E-state index in [1.54, 1.807) is 0 Å². The highest BCUT2D eigenvalue weighted by molar-refractivity contribution is 5.98. The van der Waals surface area contributed by atoms with E-state index in [1.807, 2.05) is 23.1 Å². The predicted molar refractivity (Wildman–Crippen MR) is 79.1 cm³/mol. The Bertz CT molecular complexity index is 456. The van der Waals surface area contributed by atoms with Crippen LogP contribution in [0.15, 0.2) is 24.3 Å². The minimum Gasteiger partial charge on any atom is -0.320 e. The molecule has 0 aromatic heterocycles. The van der Waals surface area contributed by atoms with Crippen LogP contribution in [0.5, 0.6) is 0 Å². The number of anilines is 1. The minimum absolute atomic E-state index is 0.0627. The first kappa shape index (κ1) is 14.1. The largest absolute Gasteiger partial charge is 0.320 e. The second kappa shape index (κ2) is 5.74. The number of para-hydroxylation sites is 1. The van der Waals surface area contributed by atoms with Crippen molar-refractivity contribution in [3.63, 3.8) is 0 Å². The first-order valence-electron chi connectivity index (χ1n) is 7.14. The predicted octanol–water partition coefficient (Wildman–Crippen LogP) is 2.59. The van der Waals surface area contributed by atoms with Gasteiger partial charge in [-0.3, -0.25) is 4.79 Å². The molecule has 1 aromatic rings. The van der Waals surface area contributed by atoms with Gasteiger partial charge in [0.2, 0.25) is 5.91 Å². The normalized spacial score (nSPS) is 20.3. The van der Waals surface area contributed by atoms with E-state index in [0.717, 1.165) is 25.1 Å². The zero-order valence-electron chi connectivity index (χ0n) is 12.1. The number of rotatable bonds is 3. The Balaban J connectivity index is 2.22. The van der Waals surface area contributed by atoms with Crippen LogP contribution in [0.4, 0.5) is 5.69 Å². The number of nitrogens with zero attached hydrogens (tertiary/aromatic N) is 1. The van der Waals surface area contributed by atoms with E-state index in [2.05, 4.69) is 26.8 Å². The van der Waals surface area contributed by atoms with E-state index >= 15 is 0 Å². The fraction of sp³-hybridized carbons (Fsp3) is 0.562. The van der Waals surface area contributed by atoms with Gasteiger partial charge in [-0.25, -0.2) is 0 Å². The summed E-state index contributed by atoms with van der Waals surface area (Å²) < 4.78 is 0. The Morgan fingerprint density at radius 1 is 1.42 bits per heavy atom. The molecule has 3 heteroatoms. The number of nitrogens with two attached hydrogens (primary N) is 1. The topological polar surface area (TPSA) is 46.3 Å². The maximum Gasteiger partial charge on any atom is 0.243 e. The lowest BCUT2D eigenvalue weighted by molar-refractivity contribution is -0.120. The molecule has 2 N–H and O–H groups in total. The number of carbonyl (C=O) groups excluding carboxylic acids is 1. The molecular formula is C16H24N2O. The molecular weight excluding hydrogens is 236 g/mol. The lowest BCUT2D eigenvalue weighted by Gasteiger charge is -2.35. The van der Waals surface area contributed by atoms with Gasteiger partial charge >= 0.3 is 0 Å². The molecule has 0 saturated carbocycles. The molecule has 1 unspecified atom stereocenters. The first-order valence-corrected chi connectivity index (χ1v) is 7.14. The van der Waals surface area contributed by atoms with Gasteiger partial charge < -0.3 is 10.6 Å². The van der Waals surface area contributed by atoms with Gasteiger partial charge in [0.1, 0.15) is 0 Å². The van der Waals surface area contributed by atoms with E-state index in [1.165, 1.54) is 5.56 Å². The van der Waals surface area contributed by atoms with Gasteiger partial charge in [0, 0.05) is 12.2 Å². The number of fused-ring (bicyclic) bond motifs is 1. The Morgan fingerprint density at radius 2 is 2.11 bits per heavy atom. The highest BCUT2D eigenvalue weighted by Gasteiger charge is 2.29. The summed E-state index contributed by atoms with van der Waals surface area (Å²) in [6.07, 6.45) is 1.78. The van der Waals surface area contributed by atoms with Gasteiger partial charge in [-0.15, -0.1) is 0 Å². The molecule has 104 valence electrons.